The van der Waals surface area contributed by atoms with Crippen molar-refractivity contribution in [1.29, 1.82) is 0 Å². The van der Waals surface area contributed by atoms with Gasteiger partial charge in [-0.25, -0.2) is 0 Å². The van der Waals surface area contributed by atoms with Gasteiger partial charge in [0.2, 0.25) is 0 Å². The lowest BCUT2D eigenvalue weighted by Crippen LogP contribution is -1.69. The summed E-state index contributed by atoms with van der Waals surface area (Å²) in [6.45, 7) is 0. The highest BCUT2D eigenvalue weighted by atomic mass is 35.5. The van der Waals surface area contributed by atoms with Gasteiger partial charge in [0.1, 0.15) is 5.52 Å². The van der Waals surface area contributed by atoms with Crippen molar-refractivity contribution in [1.82, 2.24) is 4.98 Å². The standard InChI is InChI=1S/C13H5Cl2NOS/c14-6-1-2-11-7(3-6)8-4-10-9(5-12(8)18-11)16-13(15)17-10/h1-5H. The number of hydrogen-bond donors (Lipinski definition) is 0. The van der Waals surface area contributed by atoms with Crippen LogP contribution in [0, 0.1) is 0 Å². The lowest BCUT2D eigenvalue weighted by Gasteiger charge is -1.92. The van der Waals surface area contributed by atoms with Crippen molar-refractivity contribution in [3.8, 4) is 0 Å². The fourth-order valence-corrected chi connectivity index (χ4v) is 3.59. The van der Waals surface area contributed by atoms with Crippen molar-refractivity contribution in [3.63, 3.8) is 0 Å². The van der Waals surface area contributed by atoms with Gasteiger partial charge in [-0.2, -0.15) is 4.98 Å². The Morgan fingerprint density at radius 2 is 1.83 bits per heavy atom. The summed E-state index contributed by atoms with van der Waals surface area (Å²) >= 11 is 13.5. The largest absolute Gasteiger partial charge is 0.428 e. The molecule has 5 heteroatoms. The number of thiophene rings is 1. The molecule has 0 spiro atoms. The van der Waals surface area contributed by atoms with Gasteiger partial charge in [0, 0.05) is 25.2 Å². The highest BCUT2D eigenvalue weighted by Crippen LogP contribution is 2.37. The van der Waals surface area contributed by atoms with Gasteiger partial charge in [-0.15, -0.1) is 11.3 Å². The SMILES string of the molecule is Clc1ccc2sc3cc4nc(Cl)oc4cc3c2c1. The third-order valence-corrected chi connectivity index (χ3v) is 4.45. The van der Waals surface area contributed by atoms with Crippen LogP contribution in [0.15, 0.2) is 34.7 Å². The zero-order chi connectivity index (χ0) is 12.3. The number of benzene rings is 2. The zero-order valence-corrected chi connectivity index (χ0v) is 11.2. The maximum Gasteiger partial charge on any atom is 0.293 e. The van der Waals surface area contributed by atoms with Crippen LogP contribution in [-0.2, 0) is 0 Å². The van der Waals surface area contributed by atoms with Gasteiger partial charge in [0.05, 0.1) is 0 Å². The molecular formula is C13H5Cl2NOS. The second-order valence-corrected chi connectivity index (χ2v) is 5.87. The van der Waals surface area contributed by atoms with E-state index >= 15 is 0 Å². The first kappa shape index (κ1) is 10.6. The molecule has 0 bridgehead atoms. The van der Waals surface area contributed by atoms with Crippen LogP contribution in [-0.4, -0.2) is 4.98 Å². The molecule has 4 aromatic rings. The van der Waals surface area contributed by atoms with E-state index in [1.165, 1.54) is 4.70 Å². The van der Waals surface area contributed by atoms with E-state index in [9.17, 15) is 0 Å². The molecule has 0 aliphatic heterocycles. The molecular weight excluding hydrogens is 289 g/mol. The molecule has 2 heterocycles. The van der Waals surface area contributed by atoms with Gasteiger partial charge >= 0.3 is 0 Å². The van der Waals surface area contributed by atoms with E-state index in [1.54, 1.807) is 11.3 Å². The average Bonchev–Trinajstić information content (AvgIpc) is 2.85. The van der Waals surface area contributed by atoms with Crippen molar-refractivity contribution < 1.29 is 4.42 Å². The van der Waals surface area contributed by atoms with Gasteiger partial charge in [-0.05, 0) is 41.9 Å². The second-order valence-electron chi connectivity index (χ2n) is 4.03. The first-order chi connectivity index (χ1) is 8.70. The van der Waals surface area contributed by atoms with Gasteiger partial charge < -0.3 is 4.42 Å². The summed E-state index contributed by atoms with van der Waals surface area (Å²) in [7, 11) is 0. The minimum atomic E-state index is 0.171. The molecule has 0 aliphatic carbocycles. The van der Waals surface area contributed by atoms with E-state index in [0.717, 1.165) is 26.0 Å². The second kappa shape index (κ2) is 3.60. The first-order valence-electron chi connectivity index (χ1n) is 5.28. The molecule has 0 radical (unpaired) electrons. The quantitative estimate of drug-likeness (QED) is 0.428. The normalized spacial score (nSPS) is 11.9. The predicted molar refractivity (Wildman–Crippen MR) is 76.9 cm³/mol. The maximum atomic E-state index is 6.05. The summed E-state index contributed by atoms with van der Waals surface area (Å²) in [6, 6.07) is 9.87. The summed E-state index contributed by atoms with van der Waals surface area (Å²) in [5, 5.41) is 3.16. The van der Waals surface area contributed by atoms with Crippen LogP contribution >= 0.6 is 34.5 Å². The van der Waals surface area contributed by atoms with E-state index in [-0.39, 0.29) is 5.35 Å². The fourth-order valence-electron chi connectivity index (χ4n) is 2.14. The van der Waals surface area contributed by atoms with Crippen molar-refractivity contribution >= 4 is 65.8 Å². The Labute approximate surface area is 116 Å². The van der Waals surface area contributed by atoms with E-state index in [0.29, 0.717) is 5.58 Å². The van der Waals surface area contributed by atoms with Crippen molar-refractivity contribution in [2.45, 2.75) is 0 Å². The van der Waals surface area contributed by atoms with Gasteiger partial charge in [0.25, 0.3) is 5.35 Å². The van der Waals surface area contributed by atoms with Crippen molar-refractivity contribution in [3.05, 3.63) is 40.7 Å². The molecule has 0 saturated carbocycles. The molecule has 0 unspecified atom stereocenters. The van der Waals surface area contributed by atoms with Crippen molar-refractivity contribution in [2.75, 3.05) is 0 Å². The smallest absolute Gasteiger partial charge is 0.293 e. The Balaban J connectivity index is 2.23. The Bertz CT molecular complexity index is 909. The Morgan fingerprint density at radius 1 is 1.00 bits per heavy atom. The average molecular weight is 294 g/mol. The van der Waals surface area contributed by atoms with E-state index in [1.807, 2.05) is 30.3 Å². The van der Waals surface area contributed by atoms with Gasteiger partial charge in [0.15, 0.2) is 5.58 Å². The van der Waals surface area contributed by atoms with E-state index in [4.69, 9.17) is 27.6 Å². The molecule has 0 aliphatic rings. The molecule has 4 rings (SSSR count). The monoisotopic (exact) mass is 293 g/mol. The van der Waals surface area contributed by atoms with Gasteiger partial charge in [-0.3, -0.25) is 0 Å². The number of hydrogen-bond acceptors (Lipinski definition) is 3. The molecule has 0 amide bonds. The molecule has 0 atom stereocenters. The van der Waals surface area contributed by atoms with Crippen LogP contribution in [0.3, 0.4) is 0 Å². The third-order valence-electron chi connectivity index (χ3n) is 2.92. The Hall–Kier alpha value is -1.29. The zero-order valence-electron chi connectivity index (χ0n) is 8.91. The number of aromatic nitrogens is 1. The number of nitrogens with zero attached hydrogens (tertiary/aromatic N) is 1. The fraction of sp³-hybridized carbons (Fsp3) is 0. The molecule has 18 heavy (non-hydrogen) atoms. The van der Waals surface area contributed by atoms with Crippen LogP contribution in [0.5, 0.6) is 0 Å². The minimum Gasteiger partial charge on any atom is -0.428 e. The number of fused-ring (bicyclic) bond motifs is 4. The molecule has 0 fully saturated rings. The van der Waals surface area contributed by atoms with Crippen molar-refractivity contribution in [2.24, 2.45) is 0 Å². The minimum absolute atomic E-state index is 0.171. The molecule has 2 aromatic heterocycles. The molecule has 2 nitrogen and oxygen atoms in total. The van der Waals surface area contributed by atoms with Crippen LogP contribution in [0.2, 0.25) is 10.4 Å². The van der Waals surface area contributed by atoms with Crippen LogP contribution in [0.4, 0.5) is 0 Å². The number of oxazole rings is 1. The summed E-state index contributed by atoms with van der Waals surface area (Å²) < 4.78 is 7.71. The third kappa shape index (κ3) is 1.45. The molecule has 0 saturated heterocycles. The lowest BCUT2D eigenvalue weighted by atomic mass is 10.1. The van der Waals surface area contributed by atoms with Crippen LogP contribution < -0.4 is 0 Å². The summed E-state index contributed by atoms with van der Waals surface area (Å²) in [4.78, 5) is 4.13. The lowest BCUT2D eigenvalue weighted by molar-refractivity contribution is 0.605. The van der Waals surface area contributed by atoms with Crippen LogP contribution in [0.1, 0.15) is 0 Å². The first-order valence-corrected chi connectivity index (χ1v) is 6.86. The summed E-state index contributed by atoms with van der Waals surface area (Å²) in [5.41, 5.74) is 1.48. The molecule has 88 valence electrons. The molecule has 2 aromatic carbocycles. The Morgan fingerprint density at radius 3 is 2.72 bits per heavy atom. The Kier molecular flexibility index (Phi) is 2.13. The number of halogens is 2. The molecule has 0 N–H and O–H groups in total. The number of rotatable bonds is 0. The highest BCUT2D eigenvalue weighted by molar-refractivity contribution is 7.25. The maximum absolute atomic E-state index is 6.05. The van der Waals surface area contributed by atoms with E-state index in [2.05, 4.69) is 4.98 Å². The predicted octanol–water partition coefficient (Wildman–Crippen LogP) is 5.50. The highest BCUT2D eigenvalue weighted by Gasteiger charge is 2.10. The van der Waals surface area contributed by atoms with Gasteiger partial charge in [-0.1, -0.05) is 11.6 Å². The van der Waals surface area contributed by atoms with Crippen LogP contribution in [0.25, 0.3) is 31.3 Å². The van der Waals surface area contributed by atoms with E-state index < -0.39 is 0 Å². The summed E-state index contributed by atoms with van der Waals surface area (Å²) in [5.74, 6) is 0. The topological polar surface area (TPSA) is 26.0 Å². The summed E-state index contributed by atoms with van der Waals surface area (Å²) in [6.07, 6.45) is 0.